The van der Waals surface area contributed by atoms with Gasteiger partial charge in [0, 0.05) is 29.2 Å². The van der Waals surface area contributed by atoms with Gasteiger partial charge in [0.25, 0.3) is 0 Å². The van der Waals surface area contributed by atoms with Gasteiger partial charge >= 0.3 is 0 Å². The van der Waals surface area contributed by atoms with Crippen LogP contribution in [0.5, 0.6) is 0 Å². The quantitative estimate of drug-likeness (QED) is 0.305. The summed E-state index contributed by atoms with van der Waals surface area (Å²) in [6.45, 7) is 2.22. The van der Waals surface area contributed by atoms with Crippen LogP contribution in [0.25, 0.3) is 22.2 Å². The molecule has 5 rings (SSSR count). The van der Waals surface area contributed by atoms with E-state index < -0.39 is 6.29 Å². The van der Waals surface area contributed by atoms with Crippen molar-refractivity contribution in [2.24, 2.45) is 0 Å². The standard InChI is InChI=1S/C31H27NO2/c1-3-4-10-22-15-17-23(18-16-22)19-20-26-29-27(21-25-13-8-9-14-28(25)32-29)31(33-2)34-30(26)24-11-6-5-7-12-24/h5-9,11-18,21,31H,3-4,10H2,1-2H3. The molecule has 0 radical (unpaired) electrons. The molecule has 1 unspecified atom stereocenters. The highest BCUT2D eigenvalue weighted by molar-refractivity contribution is 5.98. The number of nitrogens with zero attached hydrogens (tertiary/aromatic N) is 1. The Kier molecular flexibility index (Phi) is 6.42. The molecular weight excluding hydrogens is 418 g/mol. The molecule has 0 bridgehead atoms. The predicted octanol–water partition coefficient (Wildman–Crippen LogP) is 7.17. The highest BCUT2D eigenvalue weighted by atomic mass is 16.7. The highest BCUT2D eigenvalue weighted by Crippen LogP contribution is 2.41. The second kappa shape index (κ2) is 9.95. The van der Waals surface area contributed by atoms with E-state index in [0.717, 1.165) is 45.3 Å². The second-order valence-electron chi connectivity index (χ2n) is 8.43. The summed E-state index contributed by atoms with van der Waals surface area (Å²) in [7, 11) is 1.66. The van der Waals surface area contributed by atoms with E-state index >= 15 is 0 Å². The molecule has 1 aliphatic rings. The number of methoxy groups -OCH3 is 1. The average molecular weight is 446 g/mol. The fourth-order valence-corrected chi connectivity index (χ4v) is 4.21. The number of allylic oxidation sites excluding steroid dienone is 1. The van der Waals surface area contributed by atoms with E-state index in [1.807, 2.05) is 48.5 Å². The molecule has 0 spiro atoms. The van der Waals surface area contributed by atoms with Gasteiger partial charge in [0.15, 0.2) is 0 Å². The highest BCUT2D eigenvalue weighted by Gasteiger charge is 2.30. The Bertz CT molecular complexity index is 1390. The monoisotopic (exact) mass is 445 g/mol. The summed E-state index contributed by atoms with van der Waals surface area (Å²) in [5.41, 5.74) is 6.66. The van der Waals surface area contributed by atoms with Crippen molar-refractivity contribution in [3.63, 3.8) is 0 Å². The van der Waals surface area contributed by atoms with Crippen molar-refractivity contribution >= 4 is 22.2 Å². The van der Waals surface area contributed by atoms with Gasteiger partial charge < -0.3 is 9.47 Å². The molecule has 0 fully saturated rings. The van der Waals surface area contributed by atoms with Crippen molar-refractivity contribution in [3.05, 3.63) is 113 Å². The minimum Gasteiger partial charge on any atom is -0.458 e. The summed E-state index contributed by atoms with van der Waals surface area (Å²) in [6.07, 6.45) is 2.95. The molecule has 1 aromatic heterocycles. The first kappa shape index (κ1) is 21.9. The average Bonchev–Trinajstić information content (AvgIpc) is 2.90. The molecule has 1 aliphatic heterocycles. The lowest BCUT2D eigenvalue weighted by Gasteiger charge is -2.28. The third kappa shape index (κ3) is 4.46. The van der Waals surface area contributed by atoms with Crippen LogP contribution in [0.1, 0.15) is 54.0 Å². The second-order valence-corrected chi connectivity index (χ2v) is 8.43. The number of rotatable bonds is 5. The first-order valence-electron chi connectivity index (χ1n) is 11.8. The van der Waals surface area contributed by atoms with Crippen LogP contribution in [0.3, 0.4) is 0 Å². The molecular formula is C31H27NO2. The van der Waals surface area contributed by atoms with Crippen molar-refractivity contribution in [1.82, 2.24) is 4.98 Å². The largest absolute Gasteiger partial charge is 0.458 e. The summed E-state index contributed by atoms with van der Waals surface area (Å²) in [5, 5.41) is 1.05. The van der Waals surface area contributed by atoms with Crippen molar-refractivity contribution in [2.75, 3.05) is 7.11 Å². The lowest BCUT2D eigenvalue weighted by molar-refractivity contribution is -0.0770. The van der Waals surface area contributed by atoms with Crippen LogP contribution in [0.15, 0.2) is 84.9 Å². The normalized spacial score (nSPS) is 14.8. The maximum atomic E-state index is 6.38. The van der Waals surface area contributed by atoms with Crippen molar-refractivity contribution < 1.29 is 9.47 Å². The van der Waals surface area contributed by atoms with Crippen LogP contribution in [-0.2, 0) is 15.9 Å². The Hall–Kier alpha value is -3.87. The third-order valence-electron chi connectivity index (χ3n) is 6.05. The van der Waals surface area contributed by atoms with E-state index in [9.17, 15) is 0 Å². The number of aromatic nitrogens is 1. The lowest BCUT2D eigenvalue weighted by Crippen LogP contribution is -2.16. The van der Waals surface area contributed by atoms with E-state index in [-0.39, 0.29) is 0 Å². The zero-order valence-corrected chi connectivity index (χ0v) is 19.5. The first-order chi connectivity index (χ1) is 16.8. The van der Waals surface area contributed by atoms with E-state index in [1.54, 1.807) is 7.11 Å². The lowest BCUT2D eigenvalue weighted by atomic mass is 9.96. The smallest absolute Gasteiger partial charge is 0.228 e. The summed E-state index contributed by atoms with van der Waals surface area (Å²) in [4.78, 5) is 5.01. The number of hydrogen-bond donors (Lipinski definition) is 0. The molecule has 0 saturated carbocycles. The third-order valence-corrected chi connectivity index (χ3v) is 6.05. The van der Waals surface area contributed by atoms with Gasteiger partial charge in [-0.2, -0.15) is 0 Å². The Labute approximate surface area is 201 Å². The van der Waals surface area contributed by atoms with Crippen LogP contribution in [0.4, 0.5) is 0 Å². The van der Waals surface area contributed by atoms with Gasteiger partial charge in [0.2, 0.25) is 6.29 Å². The predicted molar refractivity (Wildman–Crippen MR) is 138 cm³/mol. The van der Waals surface area contributed by atoms with Crippen molar-refractivity contribution in [1.29, 1.82) is 0 Å². The van der Waals surface area contributed by atoms with Gasteiger partial charge in [0.1, 0.15) is 5.76 Å². The molecule has 2 heterocycles. The summed E-state index contributed by atoms with van der Waals surface area (Å²) in [5.74, 6) is 7.44. The molecule has 3 aromatic carbocycles. The van der Waals surface area contributed by atoms with E-state index in [1.165, 1.54) is 18.4 Å². The van der Waals surface area contributed by atoms with Crippen LogP contribution >= 0.6 is 0 Å². The van der Waals surface area contributed by atoms with Gasteiger partial charge in [-0.3, -0.25) is 0 Å². The zero-order valence-electron chi connectivity index (χ0n) is 19.5. The maximum absolute atomic E-state index is 6.38. The molecule has 0 aliphatic carbocycles. The molecule has 4 aromatic rings. The molecule has 0 N–H and O–H groups in total. The molecule has 0 amide bonds. The Morgan fingerprint density at radius 2 is 1.68 bits per heavy atom. The van der Waals surface area contributed by atoms with Gasteiger partial charge in [-0.1, -0.05) is 85.8 Å². The van der Waals surface area contributed by atoms with Crippen molar-refractivity contribution in [2.45, 2.75) is 32.5 Å². The van der Waals surface area contributed by atoms with E-state index in [2.05, 4.69) is 55.2 Å². The summed E-state index contributed by atoms with van der Waals surface area (Å²) in [6, 6.07) is 28.8. The Morgan fingerprint density at radius 3 is 2.44 bits per heavy atom. The number of hydrogen-bond acceptors (Lipinski definition) is 3. The van der Waals surface area contributed by atoms with Crippen molar-refractivity contribution in [3.8, 4) is 11.8 Å². The van der Waals surface area contributed by atoms with Crippen LogP contribution in [-0.4, -0.2) is 12.1 Å². The molecule has 1 atom stereocenters. The minimum atomic E-state index is -0.550. The topological polar surface area (TPSA) is 31.4 Å². The van der Waals surface area contributed by atoms with Crippen LogP contribution in [0, 0.1) is 11.8 Å². The van der Waals surface area contributed by atoms with Crippen LogP contribution < -0.4 is 0 Å². The fraction of sp³-hybridized carbons (Fsp3) is 0.194. The molecule has 34 heavy (non-hydrogen) atoms. The molecule has 3 heteroatoms. The number of para-hydroxylation sites is 1. The SMILES string of the molecule is CCCCc1ccc(C#CC2=C(c3ccccc3)OC(OC)c3cc4ccccc4nc32)cc1. The molecule has 168 valence electrons. The number of ether oxygens (including phenoxy) is 2. The van der Waals surface area contributed by atoms with Crippen LogP contribution in [0.2, 0.25) is 0 Å². The van der Waals surface area contributed by atoms with Gasteiger partial charge in [-0.25, -0.2) is 4.98 Å². The zero-order chi connectivity index (χ0) is 23.3. The molecule has 0 saturated heterocycles. The summed E-state index contributed by atoms with van der Waals surface area (Å²) < 4.78 is 12.1. The Balaban J connectivity index is 1.65. The number of unbranched alkanes of at least 4 members (excludes halogenated alkanes) is 1. The van der Waals surface area contributed by atoms with Gasteiger partial charge in [-0.05, 0) is 42.7 Å². The number of aryl methyl sites for hydroxylation is 1. The summed E-state index contributed by atoms with van der Waals surface area (Å²) >= 11 is 0. The number of pyridine rings is 1. The maximum Gasteiger partial charge on any atom is 0.228 e. The first-order valence-corrected chi connectivity index (χ1v) is 11.8. The van der Waals surface area contributed by atoms with E-state index in [0.29, 0.717) is 5.76 Å². The number of benzene rings is 3. The minimum absolute atomic E-state index is 0.550. The van der Waals surface area contributed by atoms with E-state index in [4.69, 9.17) is 14.5 Å². The van der Waals surface area contributed by atoms with Gasteiger partial charge in [-0.15, -0.1) is 0 Å². The number of fused-ring (bicyclic) bond motifs is 2. The van der Waals surface area contributed by atoms with Gasteiger partial charge in [0.05, 0.1) is 16.8 Å². The molecule has 3 nitrogen and oxygen atoms in total. The Morgan fingerprint density at radius 1 is 0.912 bits per heavy atom. The fourth-order valence-electron chi connectivity index (χ4n) is 4.21.